The molecule has 0 aromatic heterocycles. The molecule has 0 saturated carbocycles. The second-order valence-electron chi connectivity index (χ2n) is 3.58. The van der Waals surface area contributed by atoms with Crippen LogP contribution in [0.5, 0.6) is 0 Å². The SMILES string of the molecule is NCC1CCN(CCC[O])CC1. The van der Waals surface area contributed by atoms with Gasteiger partial charge >= 0.3 is 0 Å². The van der Waals surface area contributed by atoms with E-state index in [0.717, 1.165) is 38.5 Å². The van der Waals surface area contributed by atoms with Crippen LogP contribution in [0.2, 0.25) is 0 Å². The molecule has 1 heterocycles. The molecule has 71 valence electrons. The number of likely N-dealkylation sites (tertiary alicyclic amines) is 1. The molecular formula is C9H19N2O. The van der Waals surface area contributed by atoms with Crippen LogP contribution in [-0.4, -0.2) is 37.7 Å². The highest BCUT2D eigenvalue weighted by molar-refractivity contribution is 4.72. The highest BCUT2D eigenvalue weighted by Crippen LogP contribution is 2.15. The summed E-state index contributed by atoms with van der Waals surface area (Å²) in [7, 11) is 0. The van der Waals surface area contributed by atoms with Crippen LogP contribution in [0.4, 0.5) is 0 Å². The summed E-state index contributed by atoms with van der Waals surface area (Å²) >= 11 is 0. The Labute approximate surface area is 74.5 Å². The quantitative estimate of drug-likeness (QED) is 0.668. The van der Waals surface area contributed by atoms with Gasteiger partial charge in [0, 0.05) is 6.54 Å². The van der Waals surface area contributed by atoms with E-state index >= 15 is 0 Å². The summed E-state index contributed by atoms with van der Waals surface area (Å²) < 4.78 is 0. The van der Waals surface area contributed by atoms with Crippen LogP contribution in [-0.2, 0) is 5.11 Å². The first-order chi connectivity index (χ1) is 5.86. The number of nitrogens with two attached hydrogens (primary N) is 1. The lowest BCUT2D eigenvalue weighted by atomic mass is 9.97. The lowest BCUT2D eigenvalue weighted by Gasteiger charge is -2.30. The van der Waals surface area contributed by atoms with Crippen LogP contribution in [0.15, 0.2) is 0 Å². The lowest BCUT2D eigenvalue weighted by molar-refractivity contribution is 0.143. The number of nitrogens with zero attached hydrogens (tertiary/aromatic N) is 1. The van der Waals surface area contributed by atoms with Gasteiger partial charge in [-0.05, 0) is 44.8 Å². The summed E-state index contributed by atoms with van der Waals surface area (Å²) in [6.45, 7) is 4.16. The molecule has 12 heavy (non-hydrogen) atoms. The van der Waals surface area contributed by atoms with E-state index in [1.54, 1.807) is 0 Å². The number of piperidine rings is 1. The Bertz CT molecular complexity index is 111. The topological polar surface area (TPSA) is 49.2 Å². The molecule has 1 aliphatic heterocycles. The monoisotopic (exact) mass is 171 g/mol. The van der Waals surface area contributed by atoms with Crippen molar-refractivity contribution in [3.8, 4) is 0 Å². The van der Waals surface area contributed by atoms with Crippen LogP contribution in [0, 0.1) is 5.92 Å². The summed E-state index contributed by atoms with van der Waals surface area (Å²) in [4.78, 5) is 2.38. The van der Waals surface area contributed by atoms with Crippen molar-refractivity contribution < 1.29 is 5.11 Å². The number of hydrogen-bond donors (Lipinski definition) is 1. The van der Waals surface area contributed by atoms with Gasteiger partial charge in [-0.3, -0.25) is 0 Å². The minimum atomic E-state index is 0.0663. The third kappa shape index (κ3) is 3.09. The summed E-state index contributed by atoms with van der Waals surface area (Å²) in [6, 6.07) is 0. The van der Waals surface area contributed by atoms with Crippen LogP contribution < -0.4 is 5.73 Å². The minimum absolute atomic E-state index is 0.0663. The predicted molar refractivity (Wildman–Crippen MR) is 48.4 cm³/mol. The van der Waals surface area contributed by atoms with Gasteiger partial charge in [0.25, 0.3) is 0 Å². The van der Waals surface area contributed by atoms with Crippen molar-refractivity contribution >= 4 is 0 Å². The van der Waals surface area contributed by atoms with E-state index in [2.05, 4.69) is 4.90 Å². The fourth-order valence-corrected chi connectivity index (χ4v) is 1.73. The van der Waals surface area contributed by atoms with Gasteiger partial charge in [0.15, 0.2) is 0 Å². The molecule has 0 amide bonds. The van der Waals surface area contributed by atoms with Gasteiger partial charge in [0.1, 0.15) is 0 Å². The first-order valence-corrected chi connectivity index (χ1v) is 4.87. The molecule has 0 aromatic rings. The lowest BCUT2D eigenvalue weighted by Crippen LogP contribution is -2.36. The van der Waals surface area contributed by atoms with Crippen molar-refractivity contribution in [2.45, 2.75) is 19.3 Å². The molecule has 1 fully saturated rings. The smallest absolute Gasteiger partial charge is 0.0834 e. The Morgan fingerprint density at radius 3 is 2.50 bits per heavy atom. The van der Waals surface area contributed by atoms with Crippen LogP contribution in [0.3, 0.4) is 0 Å². The minimum Gasteiger partial charge on any atom is -0.330 e. The fourth-order valence-electron chi connectivity index (χ4n) is 1.73. The van der Waals surface area contributed by atoms with Gasteiger partial charge < -0.3 is 10.6 Å². The van der Waals surface area contributed by atoms with Gasteiger partial charge in [-0.25, -0.2) is 5.11 Å². The van der Waals surface area contributed by atoms with Gasteiger partial charge in [0.2, 0.25) is 0 Å². The molecule has 1 radical (unpaired) electrons. The Morgan fingerprint density at radius 1 is 1.33 bits per heavy atom. The molecule has 0 bridgehead atoms. The van der Waals surface area contributed by atoms with E-state index in [1.165, 1.54) is 12.8 Å². The maximum Gasteiger partial charge on any atom is 0.0834 e. The van der Waals surface area contributed by atoms with Gasteiger partial charge in [-0.15, -0.1) is 0 Å². The Kier molecular flexibility index (Phi) is 4.58. The van der Waals surface area contributed by atoms with Crippen molar-refractivity contribution in [2.75, 3.05) is 32.8 Å². The molecular weight excluding hydrogens is 152 g/mol. The van der Waals surface area contributed by atoms with Crippen molar-refractivity contribution in [1.29, 1.82) is 0 Å². The first kappa shape index (κ1) is 9.96. The molecule has 1 saturated heterocycles. The van der Waals surface area contributed by atoms with E-state index in [1.807, 2.05) is 0 Å². The van der Waals surface area contributed by atoms with Crippen molar-refractivity contribution in [2.24, 2.45) is 11.7 Å². The van der Waals surface area contributed by atoms with Crippen LogP contribution in [0.25, 0.3) is 0 Å². The fraction of sp³-hybridized carbons (Fsp3) is 1.00. The average molecular weight is 171 g/mol. The van der Waals surface area contributed by atoms with Gasteiger partial charge in [-0.1, -0.05) is 0 Å². The summed E-state index contributed by atoms with van der Waals surface area (Å²) in [5.41, 5.74) is 5.58. The standard InChI is InChI=1S/C9H19N2O/c10-8-9-2-5-11(6-3-9)4-1-7-12/h9H,1-8,10H2. The van der Waals surface area contributed by atoms with Gasteiger partial charge in [0.05, 0.1) is 6.61 Å². The molecule has 2 N–H and O–H groups in total. The molecule has 0 spiro atoms. The van der Waals surface area contributed by atoms with E-state index in [0.29, 0.717) is 0 Å². The molecule has 3 nitrogen and oxygen atoms in total. The Balaban J connectivity index is 2.09. The van der Waals surface area contributed by atoms with Crippen LogP contribution in [0.1, 0.15) is 19.3 Å². The molecule has 3 heteroatoms. The van der Waals surface area contributed by atoms with Crippen molar-refractivity contribution in [3.63, 3.8) is 0 Å². The second-order valence-corrected chi connectivity index (χ2v) is 3.58. The van der Waals surface area contributed by atoms with Crippen LogP contribution >= 0.6 is 0 Å². The zero-order chi connectivity index (χ0) is 8.81. The number of hydrogen-bond acceptors (Lipinski definition) is 2. The van der Waals surface area contributed by atoms with Gasteiger partial charge in [-0.2, -0.15) is 0 Å². The average Bonchev–Trinajstić information content (AvgIpc) is 2.15. The normalized spacial score (nSPS) is 21.5. The van der Waals surface area contributed by atoms with Crippen molar-refractivity contribution in [3.05, 3.63) is 0 Å². The number of rotatable bonds is 4. The molecule has 1 aliphatic rings. The molecule has 0 aromatic carbocycles. The molecule has 0 atom stereocenters. The summed E-state index contributed by atoms with van der Waals surface area (Å²) in [6.07, 6.45) is 3.23. The maximum atomic E-state index is 10.2. The molecule has 0 unspecified atom stereocenters. The Morgan fingerprint density at radius 2 is 2.00 bits per heavy atom. The maximum absolute atomic E-state index is 10.2. The van der Waals surface area contributed by atoms with E-state index < -0.39 is 0 Å². The molecule has 1 rings (SSSR count). The highest BCUT2D eigenvalue weighted by Gasteiger charge is 2.16. The van der Waals surface area contributed by atoms with E-state index in [9.17, 15) is 5.11 Å². The Hall–Kier alpha value is -0.120. The highest BCUT2D eigenvalue weighted by atomic mass is 16.3. The zero-order valence-corrected chi connectivity index (χ0v) is 7.67. The second kappa shape index (κ2) is 5.51. The summed E-state index contributed by atoms with van der Waals surface area (Å²) in [5.74, 6) is 0.730. The predicted octanol–water partition coefficient (Wildman–Crippen LogP) is 0.478. The first-order valence-electron chi connectivity index (χ1n) is 4.87. The van der Waals surface area contributed by atoms with E-state index in [-0.39, 0.29) is 6.61 Å². The van der Waals surface area contributed by atoms with E-state index in [4.69, 9.17) is 5.73 Å². The third-order valence-corrected chi connectivity index (χ3v) is 2.66. The summed E-state index contributed by atoms with van der Waals surface area (Å²) in [5, 5.41) is 10.2. The van der Waals surface area contributed by atoms with Crippen molar-refractivity contribution in [1.82, 2.24) is 4.90 Å². The zero-order valence-electron chi connectivity index (χ0n) is 7.67. The largest absolute Gasteiger partial charge is 0.330 e. The molecule has 0 aliphatic carbocycles. The third-order valence-electron chi connectivity index (χ3n) is 2.66.